The molecular formula is C23H22N4OS2. The molecule has 2 aromatic heterocycles. The van der Waals surface area contributed by atoms with Crippen LogP contribution < -0.4 is 5.32 Å². The molecule has 7 heteroatoms. The minimum atomic E-state index is -0.0790. The summed E-state index contributed by atoms with van der Waals surface area (Å²) in [6.45, 7) is 0. The van der Waals surface area contributed by atoms with Crippen LogP contribution in [0, 0.1) is 11.3 Å². The standard InChI is InChI=1S/C23H22N4OS2/c24-14-18-13-17-9-5-2-6-10-19(17)25-22(18)29-12-11-21(28)27-23-26-20(15-30-23)16-7-3-1-4-8-16/h1,3-4,7-8,13,15H,2,5-6,9-12H2,(H,26,27,28). The number of fused-ring (bicyclic) bond motifs is 1. The number of nitrogens with zero attached hydrogens (tertiary/aromatic N) is 3. The molecule has 1 aromatic carbocycles. The SMILES string of the molecule is N#Cc1cc2c(nc1SCCC(=O)Nc1nc(-c3ccccc3)cs1)CCCCC2. The zero-order chi connectivity index (χ0) is 20.8. The molecule has 1 amide bonds. The van der Waals surface area contributed by atoms with Gasteiger partial charge in [-0.15, -0.1) is 23.1 Å². The molecule has 30 heavy (non-hydrogen) atoms. The molecule has 0 fully saturated rings. The van der Waals surface area contributed by atoms with Gasteiger partial charge in [0.2, 0.25) is 5.91 Å². The highest BCUT2D eigenvalue weighted by molar-refractivity contribution is 7.99. The molecular weight excluding hydrogens is 412 g/mol. The van der Waals surface area contributed by atoms with E-state index in [1.165, 1.54) is 35.1 Å². The average molecular weight is 435 g/mol. The third-order valence-electron chi connectivity index (χ3n) is 5.02. The quantitative estimate of drug-likeness (QED) is 0.411. The molecule has 152 valence electrons. The maximum atomic E-state index is 12.3. The summed E-state index contributed by atoms with van der Waals surface area (Å²) < 4.78 is 0. The highest BCUT2D eigenvalue weighted by Crippen LogP contribution is 2.28. The van der Waals surface area contributed by atoms with E-state index >= 15 is 0 Å². The first-order valence-electron chi connectivity index (χ1n) is 10.1. The summed E-state index contributed by atoms with van der Waals surface area (Å²) in [5, 5.41) is 15.7. The first kappa shape index (κ1) is 20.6. The number of aryl methyl sites for hydroxylation is 2. The zero-order valence-corrected chi connectivity index (χ0v) is 18.2. The average Bonchev–Trinajstić information content (AvgIpc) is 3.11. The molecule has 0 aliphatic heterocycles. The van der Waals surface area contributed by atoms with Gasteiger partial charge in [-0.2, -0.15) is 5.26 Å². The van der Waals surface area contributed by atoms with Gasteiger partial charge in [0.1, 0.15) is 11.1 Å². The highest BCUT2D eigenvalue weighted by atomic mass is 32.2. The molecule has 2 heterocycles. The van der Waals surface area contributed by atoms with Gasteiger partial charge in [-0.05, 0) is 37.3 Å². The van der Waals surface area contributed by atoms with Crippen molar-refractivity contribution in [3.05, 3.63) is 58.6 Å². The van der Waals surface area contributed by atoms with Gasteiger partial charge in [0.05, 0.1) is 11.3 Å². The Balaban J connectivity index is 1.33. The smallest absolute Gasteiger partial charge is 0.226 e. The van der Waals surface area contributed by atoms with E-state index in [0.29, 0.717) is 22.9 Å². The van der Waals surface area contributed by atoms with Crippen LogP contribution in [0.4, 0.5) is 5.13 Å². The van der Waals surface area contributed by atoms with Gasteiger partial charge >= 0.3 is 0 Å². The summed E-state index contributed by atoms with van der Waals surface area (Å²) in [5.74, 6) is 0.494. The predicted octanol–water partition coefficient (Wildman–Crippen LogP) is 5.47. The number of aromatic nitrogens is 2. The minimum Gasteiger partial charge on any atom is -0.302 e. The summed E-state index contributed by atoms with van der Waals surface area (Å²) in [6, 6.07) is 14.2. The number of anilines is 1. The topological polar surface area (TPSA) is 78.7 Å². The van der Waals surface area contributed by atoms with Crippen molar-refractivity contribution in [3.63, 3.8) is 0 Å². The number of nitrogens with one attached hydrogen (secondary N) is 1. The number of carbonyl (C=O) groups excluding carboxylic acids is 1. The lowest BCUT2D eigenvalue weighted by Gasteiger charge is -2.09. The molecule has 0 unspecified atom stereocenters. The summed E-state index contributed by atoms with van der Waals surface area (Å²) in [7, 11) is 0. The lowest BCUT2D eigenvalue weighted by Crippen LogP contribution is -2.12. The molecule has 4 rings (SSSR count). The largest absolute Gasteiger partial charge is 0.302 e. The van der Waals surface area contributed by atoms with Gasteiger partial charge in [0.15, 0.2) is 5.13 Å². The van der Waals surface area contributed by atoms with E-state index in [0.717, 1.165) is 47.7 Å². The Hall–Kier alpha value is -2.69. The predicted molar refractivity (Wildman–Crippen MR) is 122 cm³/mol. The molecule has 0 bridgehead atoms. The third-order valence-corrected chi connectivity index (χ3v) is 6.77. The second-order valence-corrected chi connectivity index (χ2v) is 9.11. The number of hydrogen-bond acceptors (Lipinski definition) is 6. The van der Waals surface area contributed by atoms with Crippen LogP contribution in [-0.4, -0.2) is 21.6 Å². The highest BCUT2D eigenvalue weighted by Gasteiger charge is 2.15. The Morgan fingerprint density at radius 2 is 2.00 bits per heavy atom. The monoisotopic (exact) mass is 434 g/mol. The van der Waals surface area contributed by atoms with Gasteiger partial charge in [-0.3, -0.25) is 4.79 Å². The van der Waals surface area contributed by atoms with Crippen LogP contribution in [0.25, 0.3) is 11.3 Å². The Bertz CT molecular complexity index is 1070. The number of hydrogen-bond donors (Lipinski definition) is 1. The fourth-order valence-corrected chi connectivity index (χ4v) is 5.13. The summed E-state index contributed by atoms with van der Waals surface area (Å²) in [6.07, 6.45) is 5.84. The van der Waals surface area contributed by atoms with Crippen molar-refractivity contribution in [2.45, 2.75) is 43.6 Å². The number of rotatable bonds is 6. The number of amides is 1. The van der Waals surface area contributed by atoms with Crippen molar-refractivity contribution < 1.29 is 4.79 Å². The molecule has 0 spiro atoms. The van der Waals surface area contributed by atoms with Crippen LogP contribution >= 0.6 is 23.1 Å². The lowest BCUT2D eigenvalue weighted by molar-refractivity contribution is -0.115. The number of nitriles is 1. The van der Waals surface area contributed by atoms with Crippen molar-refractivity contribution >= 4 is 34.1 Å². The van der Waals surface area contributed by atoms with E-state index in [4.69, 9.17) is 4.98 Å². The number of benzene rings is 1. The molecule has 1 N–H and O–H groups in total. The third kappa shape index (κ3) is 5.07. The summed E-state index contributed by atoms with van der Waals surface area (Å²) in [5.41, 5.74) is 4.84. The number of thioether (sulfide) groups is 1. The van der Waals surface area contributed by atoms with Gasteiger partial charge in [-0.1, -0.05) is 36.8 Å². The van der Waals surface area contributed by atoms with E-state index in [9.17, 15) is 10.1 Å². The fraction of sp³-hybridized carbons (Fsp3) is 0.304. The second kappa shape index (κ2) is 9.88. The van der Waals surface area contributed by atoms with Crippen LogP contribution in [0.2, 0.25) is 0 Å². The van der Waals surface area contributed by atoms with Gasteiger partial charge in [-0.25, -0.2) is 9.97 Å². The first-order valence-corrected chi connectivity index (χ1v) is 12.0. The normalized spacial score (nSPS) is 13.2. The Morgan fingerprint density at radius 3 is 2.83 bits per heavy atom. The maximum Gasteiger partial charge on any atom is 0.226 e. The van der Waals surface area contributed by atoms with E-state index in [2.05, 4.69) is 16.4 Å². The molecule has 0 saturated heterocycles. The molecule has 0 saturated carbocycles. The summed E-state index contributed by atoms with van der Waals surface area (Å²) >= 11 is 2.90. The Labute approximate surface area is 184 Å². The van der Waals surface area contributed by atoms with Crippen LogP contribution in [0.1, 0.15) is 42.5 Å². The molecule has 0 atom stereocenters. The van der Waals surface area contributed by atoms with E-state index in [1.807, 2.05) is 41.8 Å². The van der Waals surface area contributed by atoms with E-state index < -0.39 is 0 Å². The molecule has 5 nitrogen and oxygen atoms in total. The van der Waals surface area contributed by atoms with Crippen molar-refractivity contribution in [2.24, 2.45) is 0 Å². The van der Waals surface area contributed by atoms with Gasteiger partial charge in [0, 0.05) is 28.8 Å². The van der Waals surface area contributed by atoms with E-state index in [-0.39, 0.29) is 5.91 Å². The van der Waals surface area contributed by atoms with Crippen LogP contribution in [0.15, 0.2) is 46.8 Å². The van der Waals surface area contributed by atoms with Crippen LogP contribution in [0.3, 0.4) is 0 Å². The van der Waals surface area contributed by atoms with Crippen molar-refractivity contribution in [1.82, 2.24) is 9.97 Å². The second-order valence-electron chi connectivity index (χ2n) is 7.17. The molecule has 1 aliphatic carbocycles. The zero-order valence-electron chi connectivity index (χ0n) is 16.6. The fourth-order valence-electron chi connectivity index (χ4n) is 3.48. The Kier molecular flexibility index (Phi) is 6.77. The molecule has 3 aromatic rings. The van der Waals surface area contributed by atoms with Crippen LogP contribution in [0.5, 0.6) is 0 Å². The number of carbonyl (C=O) groups is 1. The minimum absolute atomic E-state index is 0.0790. The first-order chi connectivity index (χ1) is 14.7. The van der Waals surface area contributed by atoms with Crippen molar-refractivity contribution in [1.29, 1.82) is 5.26 Å². The van der Waals surface area contributed by atoms with Gasteiger partial charge < -0.3 is 5.32 Å². The van der Waals surface area contributed by atoms with Crippen LogP contribution in [-0.2, 0) is 17.6 Å². The lowest BCUT2D eigenvalue weighted by atomic mass is 10.1. The summed E-state index contributed by atoms with van der Waals surface area (Å²) in [4.78, 5) is 21.6. The van der Waals surface area contributed by atoms with Crippen molar-refractivity contribution in [3.8, 4) is 17.3 Å². The number of pyridine rings is 1. The molecule has 1 aliphatic rings. The molecule has 0 radical (unpaired) electrons. The van der Waals surface area contributed by atoms with Crippen molar-refractivity contribution in [2.75, 3.05) is 11.1 Å². The number of thiazole rings is 1. The maximum absolute atomic E-state index is 12.3. The Morgan fingerprint density at radius 1 is 1.17 bits per heavy atom. The van der Waals surface area contributed by atoms with E-state index in [1.54, 1.807) is 0 Å². The van der Waals surface area contributed by atoms with Gasteiger partial charge in [0.25, 0.3) is 0 Å².